The maximum Gasteiger partial charge on any atom is 0.344 e. The van der Waals surface area contributed by atoms with Gasteiger partial charge in [-0.15, -0.1) is 0 Å². The van der Waals surface area contributed by atoms with Gasteiger partial charge in [-0.25, -0.2) is 4.79 Å². The fourth-order valence-electron chi connectivity index (χ4n) is 2.46. The van der Waals surface area contributed by atoms with Crippen LogP contribution in [0.1, 0.15) is 17.3 Å². The summed E-state index contributed by atoms with van der Waals surface area (Å²) in [5.74, 6) is 0.260. The number of amides is 1. The van der Waals surface area contributed by atoms with E-state index >= 15 is 0 Å². The number of esters is 1. The van der Waals surface area contributed by atoms with Crippen molar-refractivity contribution in [2.24, 2.45) is 0 Å². The SMILES string of the molecule is COc1ccc(NC(=O)[C@H](C)OC(=O)COc2ccc(C=O)cc2OC)cc1OC. The molecule has 1 atom stereocenters. The number of carbonyl (C=O) groups is 3. The van der Waals surface area contributed by atoms with Crippen LogP contribution in [0.2, 0.25) is 0 Å². The smallest absolute Gasteiger partial charge is 0.344 e. The largest absolute Gasteiger partial charge is 0.493 e. The Morgan fingerprint density at radius 2 is 1.57 bits per heavy atom. The van der Waals surface area contributed by atoms with E-state index in [9.17, 15) is 14.4 Å². The van der Waals surface area contributed by atoms with Gasteiger partial charge in [-0.3, -0.25) is 9.59 Å². The van der Waals surface area contributed by atoms with Crippen molar-refractivity contribution < 1.29 is 38.1 Å². The van der Waals surface area contributed by atoms with Crippen LogP contribution in [0.25, 0.3) is 0 Å². The molecule has 0 radical (unpaired) electrons. The van der Waals surface area contributed by atoms with Crippen LogP contribution in [0.4, 0.5) is 5.69 Å². The first-order valence-electron chi connectivity index (χ1n) is 8.90. The minimum Gasteiger partial charge on any atom is -0.493 e. The number of ether oxygens (including phenoxy) is 5. The maximum absolute atomic E-state index is 12.3. The highest BCUT2D eigenvalue weighted by Gasteiger charge is 2.19. The number of hydrogen-bond donors (Lipinski definition) is 1. The molecule has 0 heterocycles. The quantitative estimate of drug-likeness (QED) is 0.464. The van der Waals surface area contributed by atoms with Gasteiger partial charge in [0.1, 0.15) is 6.29 Å². The summed E-state index contributed by atoms with van der Waals surface area (Å²) >= 11 is 0. The second kappa shape index (κ2) is 10.7. The highest BCUT2D eigenvalue weighted by molar-refractivity contribution is 5.95. The van der Waals surface area contributed by atoms with Gasteiger partial charge < -0.3 is 29.0 Å². The molecule has 0 aliphatic carbocycles. The third-order valence-corrected chi connectivity index (χ3v) is 4.00. The predicted octanol–water partition coefficient (Wildman–Crippen LogP) is 2.47. The molecule has 2 aromatic carbocycles. The summed E-state index contributed by atoms with van der Waals surface area (Å²) in [5, 5.41) is 2.63. The zero-order chi connectivity index (χ0) is 22.1. The predicted molar refractivity (Wildman–Crippen MR) is 108 cm³/mol. The Morgan fingerprint density at radius 3 is 2.20 bits per heavy atom. The van der Waals surface area contributed by atoms with E-state index in [1.165, 1.54) is 46.5 Å². The number of methoxy groups -OCH3 is 3. The van der Waals surface area contributed by atoms with Gasteiger partial charge in [0.25, 0.3) is 5.91 Å². The number of carbonyl (C=O) groups excluding carboxylic acids is 3. The second-order valence-electron chi connectivity index (χ2n) is 6.01. The number of rotatable bonds is 10. The average molecular weight is 417 g/mol. The number of aldehydes is 1. The van der Waals surface area contributed by atoms with Gasteiger partial charge in [0.05, 0.1) is 21.3 Å². The average Bonchev–Trinajstić information content (AvgIpc) is 2.77. The van der Waals surface area contributed by atoms with Crippen molar-refractivity contribution in [2.45, 2.75) is 13.0 Å². The zero-order valence-electron chi connectivity index (χ0n) is 17.1. The molecule has 9 heteroatoms. The fourth-order valence-corrected chi connectivity index (χ4v) is 2.46. The second-order valence-corrected chi connectivity index (χ2v) is 6.01. The summed E-state index contributed by atoms with van der Waals surface area (Å²) in [6.07, 6.45) is -0.396. The lowest BCUT2D eigenvalue weighted by Gasteiger charge is -2.15. The number of anilines is 1. The molecule has 1 N–H and O–H groups in total. The van der Waals surface area contributed by atoms with E-state index in [2.05, 4.69) is 5.32 Å². The van der Waals surface area contributed by atoms with Crippen LogP contribution in [-0.4, -0.2) is 52.2 Å². The molecule has 0 aromatic heterocycles. The minimum absolute atomic E-state index is 0.266. The maximum atomic E-state index is 12.3. The van der Waals surface area contributed by atoms with Crippen LogP contribution < -0.4 is 24.3 Å². The summed E-state index contributed by atoms with van der Waals surface area (Å²) in [5.41, 5.74) is 0.860. The molecule has 0 fully saturated rings. The van der Waals surface area contributed by atoms with Gasteiger partial charge in [-0.05, 0) is 37.3 Å². The summed E-state index contributed by atoms with van der Waals surface area (Å²) in [4.78, 5) is 35.1. The van der Waals surface area contributed by atoms with Gasteiger partial charge in [0, 0.05) is 17.3 Å². The Kier molecular flexibility index (Phi) is 8.04. The van der Waals surface area contributed by atoms with E-state index in [1.54, 1.807) is 18.2 Å². The van der Waals surface area contributed by atoms with E-state index in [1.807, 2.05) is 0 Å². The molecule has 0 bridgehead atoms. The highest BCUT2D eigenvalue weighted by Crippen LogP contribution is 2.30. The molecule has 0 aliphatic heterocycles. The monoisotopic (exact) mass is 417 g/mol. The summed E-state index contributed by atoms with van der Waals surface area (Å²) in [6.45, 7) is 0.998. The Morgan fingerprint density at radius 1 is 0.933 bits per heavy atom. The van der Waals surface area contributed by atoms with Crippen LogP contribution >= 0.6 is 0 Å². The van der Waals surface area contributed by atoms with Crippen LogP contribution in [-0.2, 0) is 14.3 Å². The third kappa shape index (κ3) is 5.87. The van der Waals surface area contributed by atoms with Crippen molar-refractivity contribution in [3.8, 4) is 23.0 Å². The standard InChI is InChI=1S/C21H23NO8/c1-13(21(25)22-15-6-8-16(26-2)19(10-15)28-4)30-20(24)12-29-17-7-5-14(11-23)9-18(17)27-3/h5-11,13H,12H2,1-4H3,(H,22,25)/t13-/m0/s1. The molecule has 2 rings (SSSR count). The van der Waals surface area contributed by atoms with Gasteiger partial charge >= 0.3 is 5.97 Å². The molecule has 2 aromatic rings. The first-order valence-corrected chi connectivity index (χ1v) is 8.90. The van der Waals surface area contributed by atoms with Crippen molar-refractivity contribution in [3.05, 3.63) is 42.0 Å². The molecule has 0 aliphatic rings. The topological polar surface area (TPSA) is 109 Å². The normalized spacial score (nSPS) is 11.1. The lowest BCUT2D eigenvalue weighted by atomic mass is 10.2. The molecular weight excluding hydrogens is 394 g/mol. The number of benzene rings is 2. The molecule has 30 heavy (non-hydrogen) atoms. The van der Waals surface area contributed by atoms with E-state index in [-0.39, 0.29) is 5.75 Å². The molecule has 0 unspecified atom stereocenters. The molecule has 9 nitrogen and oxygen atoms in total. The van der Waals surface area contributed by atoms with E-state index < -0.39 is 24.6 Å². The van der Waals surface area contributed by atoms with Crippen LogP contribution in [0, 0.1) is 0 Å². The van der Waals surface area contributed by atoms with Gasteiger partial charge in [0.2, 0.25) is 0 Å². The number of hydrogen-bond acceptors (Lipinski definition) is 8. The minimum atomic E-state index is -1.06. The fraction of sp³-hybridized carbons (Fsp3) is 0.286. The molecular formula is C21H23NO8. The van der Waals surface area contributed by atoms with E-state index in [4.69, 9.17) is 23.7 Å². The van der Waals surface area contributed by atoms with Crippen LogP contribution in [0.5, 0.6) is 23.0 Å². The zero-order valence-corrected chi connectivity index (χ0v) is 17.1. The Bertz CT molecular complexity index is 912. The van der Waals surface area contributed by atoms with E-state index in [0.29, 0.717) is 34.8 Å². The van der Waals surface area contributed by atoms with Crippen molar-refractivity contribution in [1.29, 1.82) is 0 Å². The Balaban J connectivity index is 1.91. The van der Waals surface area contributed by atoms with Gasteiger partial charge in [0.15, 0.2) is 35.7 Å². The molecule has 0 spiro atoms. The lowest BCUT2D eigenvalue weighted by Crippen LogP contribution is -2.31. The Labute approximate surface area is 173 Å². The highest BCUT2D eigenvalue weighted by atomic mass is 16.6. The summed E-state index contributed by atoms with van der Waals surface area (Å²) in [6, 6.07) is 9.36. The molecule has 1 amide bonds. The first kappa shape index (κ1) is 22.5. The Hall–Kier alpha value is -3.75. The van der Waals surface area contributed by atoms with Crippen molar-refractivity contribution in [1.82, 2.24) is 0 Å². The molecule has 0 saturated carbocycles. The summed E-state index contributed by atoms with van der Waals surface area (Å²) in [7, 11) is 4.40. The van der Waals surface area contributed by atoms with Crippen molar-refractivity contribution in [3.63, 3.8) is 0 Å². The lowest BCUT2D eigenvalue weighted by molar-refractivity contribution is -0.155. The van der Waals surface area contributed by atoms with Crippen LogP contribution in [0.15, 0.2) is 36.4 Å². The molecule has 160 valence electrons. The van der Waals surface area contributed by atoms with Crippen molar-refractivity contribution in [2.75, 3.05) is 33.3 Å². The van der Waals surface area contributed by atoms with Crippen molar-refractivity contribution >= 4 is 23.9 Å². The third-order valence-electron chi connectivity index (χ3n) is 4.00. The summed E-state index contributed by atoms with van der Waals surface area (Å²) < 4.78 is 25.9. The van der Waals surface area contributed by atoms with Gasteiger partial charge in [-0.1, -0.05) is 0 Å². The first-order chi connectivity index (χ1) is 14.4. The van der Waals surface area contributed by atoms with Gasteiger partial charge in [-0.2, -0.15) is 0 Å². The van der Waals surface area contributed by atoms with Crippen LogP contribution in [0.3, 0.4) is 0 Å². The van der Waals surface area contributed by atoms with E-state index in [0.717, 1.165) is 0 Å². The molecule has 0 saturated heterocycles. The number of nitrogens with one attached hydrogen (secondary N) is 1.